The number of piperidine rings is 1. The van der Waals surface area contributed by atoms with Crippen LogP contribution < -0.4 is 10.3 Å². The Kier molecular flexibility index (Phi) is 5.09. The van der Waals surface area contributed by atoms with Gasteiger partial charge in [-0.25, -0.2) is 15.0 Å². The van der Waals surface area contributed by atoms with Crippen LogP contribution in [0.1, 0.15) is 23.2 Å². The Morgan fingerprint density at radius 2 is 1.79 bits per heavy atom. The van der Waals surface area contributed by atoms with Gasteiger partial charge in [0.25, 0.3) is 11.5 Å². The van der Waals surface area contributed by atoms with E-state index in [-0.39, 0.29) is 17.6 Å². The Hall–Kier alpha value is -3.55. The number of hydrogen-bond acceptors (Lipinski definition) is 6. The van der Waals surface area contributed by atoms with Crippen molar-refractivity contribution >= 4 is 5.91 Å². The molecule has 4 rings (SSSR count). The summed E-state index contributed by atoms with van der Waals surface area (Å²) in [5.74, 6) is -0.0140. The molecule has 1 fully saturated rings. The Balaban J connectivity index is 1.37. The van der Waals surface area contributed by atoms with E-state index in [1.807, 2.05) is 4.90 Å². The molecule has 1 aliphatic rings. The average Bonchev–Trinajstić information content (AvgIpc) is 2.75. The lowest BCUT2D eigenvalue weighted by Gasteiger charge is -2.31. The number of rotatable bonds is 4. The Morgan fingerprint density at radius 1 is 1.07 bits per heavy atom. The van der Waals surface area contributed by atoms with Crippen molar-refractivity contribution in [2.24, 2.45) is 0 Å². The van der Waals surface area contributed by atoms with Crippen molar-refractivity contribution in [3.05, 3.63) is 71.0 Å². The van der Waals surface area contributed by atoms with E-state index < -0.39 is 0 Å². The highest BCUT2D eigenvalue weighted by Gasteiger charge is 2.25. The van der Waals surface area contributed by atoms with E-state index in [0.29, 0.717) is 30.4 Å². The maximum atomic E-state index is 12.8. The van der Waals surface area contributed by atoms with Gasteiger partial charge in [0.05, 0.1) is 12.0 Å². The smallest absolute Gasteiger partial charge is 0.316 e. The first-order valence-corrected chi connectivity index (χ1v) is 9.07. The van der Waals surface area contributed by atoms with Crippen LogP contribution in [0.3, 0.4) is 0 Å². The normalized spacial score (nSPS) is 14.6. The first-order chi connectivity index (χ1) is 13.7. The summed E-state index contributed by atoms with van der Waals surface area (Å²) in [5.41, 5.74) is 1.76. The molecule has 1 N–H and O–H groups in total. The molecule has 0 radical (unpaired) electrons. The van der Waals surface area contributed by atoms with E-state index in [1.165, 1.54) is 12.4 Å². The van der Waals surface area contributed by atoms with Crippen molar-refractivity contribution in [1.82, 2.24) is 24.8 Å². The molecule has 1 saturated heterocycles. The number of hydrogen-bond donors (Lipinski definition) is 1. The van der Waals surface area contributed by atoms with Crippen LogP contribution in [0, 0.1) is 0 Å². The zero-order chi connectivity index (χ0) is 19.3. The molecule has 1 aliphatic heterocycles. The number of carbonyl (C=O) groups excluding carboxylic acids is 1. The van der Waals surface area contributed by atoms with Crippen molar-refractivity contribution in [2.45, 2.75) is 18.9 Å². The number of likely N-dealkylation sites (tertiary alicyclic amines) is 1. The van der Waals surface area contributed by atoms with Gasteiger partial charge in [0.2, 0.25) is 0 Å². The summed E-state index contributed by atoms with van der Waals surface area (Å²) in [4.78, 5) is 40.8. The Labute approximate surface area is 161 Å². The largest absolute Gasteiger partial charge is 0.460 e. The molecule has 1 aromatic carbocycles. The number of nitrogens with one attached hydrogen (secondary N) is 1. The number of amides is 1. The fourth-order valence-electron chi connectivity index (χ4n) is 3.16. The molecular formula is C20H19N5O3. The summed E-state index contributed by atoms with van der Waals surface area (Å²) in [7, 11) is 0. The van der Waals surface area contributed by atoms with Gasteiger partial charge >= 0.3 is 6.01 Å². The van der Waals surface area contributed by atoms with Crippen LogP contribution in [0.4, 0.5) is 0 Å². The zero-order valence-corrected chi connectivity index (χ0v) is 15.1. The summed E-state index contributed by atoms with van der Waals surface area (Å²) in [6, 6.07) is 10.7. The number of H-pyrrole nitrogens is 1. The average molecular weight is 377 g/mol. The fourth-order valence-corrected chi connectivity index (χ4v) is 3.16. The van der Waals surface area contributed by atoms with Crippen LogP contribution in [0.25, 0.3) is 11.3 Å². The summed E-state index contributed by atoms with van der Waals surface area (Å²) >= 11 is 0. The molecule has 8 nitrogen and oxygen atoms in total. The quantitative estimate of drug-likeness (QED) is 0.745. The topological polar surface area (TPSA) is 101 Å². The highest BCUT2D eigenvalue weighted by molar-refractivity contribution is 5.94. The maximum Gasteiger partial charge on any atom is 0.316 e. The van der Waals surface area contributed by atoms with Crippen molar-refractivity contribution in [3.63, 3.8) is 0 Å². The molecule has 3 aromatic rings. The maximum absolute atomic E-state index is 12.8. The number of carbonyl (C=O) groups is 1. The predicted octanol–water partition coefficient (Wildman–Crippen LogP) is 1.91. The van der Waals surface area contributed by atoms with Gasteiger partial charge in [-0.15, -0.1) is 0 Å². The third-order valence-corrected chi connectivity index (χ3v) is 4.65. The van der Waals surface area contributed by atoms with E-state index in [4.69, 9.17) is 4.74 Å². The standard InChI is InChI=1S/C20H19N5O3/c26-18-12-17(23-13-24-18)14-2-4-15(5-3-14)19(27)25-10-6-16(7-11-25)28-20-21-8-1-9-22-20/h1-5,8-9,12-13,16H,6-7,10-11H2,(H,23,24,26). The molecule has 0 unspecified atom stereocenters. The molecule has 0 spiro atoms. The summed E-state index contributed by atoms with van der Waals surface area (Å²) in [6.07, 6.45) is 6.13. The molecule has 8 heteroatoms. The number of benzene rings is 1. The number of ether oxygens (including phenoxy) is 1. The number of aromatic amines is 1. The van der Waals surface area contributed by atoms with E-state index >= 15 is 0 Å². The molecule has 1 amide bonds. The first-order valence-electron chi connectivity index (χ1n) is 9.07. The summed E-state index contributed by atoms with van der Waals surface area (Å²) in [6.45, 7) is 1.24. The van der Waals surface area contributed by atoms with Crippen LogP contribution in [-0.4, -0.2) is 49.9 Å². The van der Waals surface area contributed by atoms with Gasteiger partial charge in [-0.3, -0.25) is 9.59 Å². The molecular weight excluding hydrogens is 358 g/mol. The second kappa shape index (κ2) is 7.99. The lowest BCUT2D eigenvalue weighted by Crippen LogP contribution is -2.41. The highest BCUT2D eigenvalue weighted by atomic mass is 16.5. The van der Waals surface area contributed by atoms with Crippen LogP contribution in [-0.2, 0) is 0 Å². The minimum Gasteiger partial charge on any atom is -0.460 e. The lowest BCUT2D eigenvalue weighted by atomic mass is 10.0. The fraction of sp³-hybridized carbons (Fsp3) is 0.250. The Morgan fingerprint density at radius 3 is 2.46 bits per heavy atom. The molecule has 3 heterocycles. The molecule has 0 atom stereocenters. The molecule has 28 heavy (non-hydrogen) atoms. The van der Waals surface area contributed by atoms with Crippen molar-refractivity contribution in [3.8, 4) is 17.3 Å². The third-order valence-electron chi connectivity index (χ3n) is 4.65. The van der Waals surface area contributed by atoms with Crippen LogP contribution in [0.5, 0.6) is 6.01 Å². The van der Waals surface area contributed by atoms with Gasteiger partial charge in [0.15, 0.2) is 0 Å². The summed E-state index contributed by atoms with van der Waals surface area (Å²) < 4.78 is 5.77. The van der Waals surface area contributed by atoms with E-state index in [2.05, 4.69) is 19.9 Å². The second-order valence-electron chi connectivity index (χ2n) is 6.51. The van der Waals surface area contributed by atoms with Gasteiger partial charge in [-0.1, -0.05) is 12.1 Å². The minimum atomic E-state index is -0.212. The molecule has 0 bridgehead atoms. The zero-order valence-electron chi connectivity index (χ0n) is 15.1. The number of nitrogens with zero attached hydrogens (tertiary/aromatic N) is 4. The van der Waals surface area contributed by atoms with Crippen LogP contribution >= 0.6 is 0 Å². The predicted molar refractivity (Wildman–Crippen MR) is 102 cm³/mol. The van der Waals surface area contributed by atoms with Gasteiger partial charge in [-0.05, 0) is 18.2 Å². The molecule has 0 saturated carbocycles. The van der Waals surface area contributed by atoms with E-state index in [0.717, 1.165) is 18.4 Å². The van der Waals surface area contributed by atoms with Crippen molar-refractivity contribution < 1.29 is 9.53 Å². The second-order valence-corrected chi connectivity index (χ2v) is 6.51. The van der Waals surface area contributed by atoms with Gasteiger partial charge in [-0.2, -0.15) is 0 Å². The minimum absolute atomic E-state index is 0.0103. The molecule has 2 aromatic heterocycles. The SMILES string of the molecule is O=C(c1ccc(-c2cc(=O)[nH]cn2)cc1)N1CCC(Oc2ncccn2)CC1. The first kappa shape index (κ1) is 17.8. The highest BCUT2D eigenvalue weighted by Crippen LogP contribution is 2.20. The van der Waals surface area contributed by atoms with Crippen molar-refractivity contribution in [2.75, 3.05) is 13.1 Å². The van der Waals surface area contributed by atoms with Crippen LogP contribution in [0.2, 0.25) is 0 Å². The van der Waals surface area contributed by atoms with E-state index in [9.17, 15) is 9.59 Å². The lowest BCUT2D eigenvalue weighted by molar-refractivity contribution is 0.0578. The summed E-state index contributed by atoms with van der Waals surface area (Å²) in [5, 5.41) is 0. The van der Waals surface area contributed by atoms with Gasteiger partial charge < -0.3 is 14.6 Å². The van der Waals surface area contributed by atoms with Gasteiger partial charge in [0.1, 0.15) is 6.10 Å². The molecule has 142 valence electrons. The van der Waals surface area contributed by atoms with Crippen LogP contribution in [0.15, 0.2) is 59.9 Å². The molecule has 0 aliphatic carbocycles. The third kappa shape index (κ3) is 4.06. The number of aromatic nitrogens is 4. The van der Waals surface area contributed by atoms with Crippen molar-refractivity contribution in [1.29, 1.82) is 0 Å². The van der Waals surface area contributed by atoms with E-state index in [1.54, 1.807) is 42.7 Å². The Bertz CT molecular complexity index is 996. The van der Waals surface area contributed by atoms with Gasteiger partial charge in [0, 0.05) is 55.5 Å². The monoisotopic (exact) mass is 377 g/mol.